The molecule has 0 spiro atoms. The van der Waals surface area contributed by atoms with Crippen LogP contribution >= 0.6 is 11.6 Å². The lowest BCUT2D eigenvalue weighted by molar-refractivity contribution is 0.332. The average Bonchev–Trinajstić information content (AvgIpc) is 2.49. The summed E-state index contributed by atoms with van der Waals surface area (Å²) in [5.41, 5.74) is 0.126. The molecule has 0 aliphatic carbocycles. The summed E-state index contributed by atoms with van der Waals surface area (Å²) in [5.74, 6) is 1.31. The molecule has 1 atom stereocenters. The number of halogens is 1. The van der Waals surface area contributed by atoms with Crippen LogP contribution in [-0.4, -0.2) is 32.1 Å². The molecule has 0 radical (unpaired) electrons. The topological polar surface area (TPSA) is 55.6 Å². The third-order valence-corrected chi connectivity index (χ3v) is 2.58. The molecule has 1 aromatic heterocycles. The van der Waals surface area contributed by atoms with Gasteiger partial charge < -0.3 is 5.32 Å². The smallest absolute Gasteiger partial charge is 0.242 e. The Bertz CT molecular complexity index is 304. The number of alkyl halides is 1. The van der Waals surface area contributed by atoms with Gasteiger partial charge in [0.15, 0.2) is 0 Å². The van der Waals surface area contributed by atoms with Gasteiger partial charge in [-0.15, -0.1) is 11.6 Å². The minimum Gasteiger partial charge on any atom is -0.350 e. The zero-order chi connectivity index (χ0) is 11.5. The van der Waals surface area contributed by atoms with E-state index in [9.17, 15) is 0 Å². The average molecular weight is 232 g/mol. The van der Waals surface area contributed by atoms with Crippen molar-refractivity contribution in [3.8, 4) is 0 Å². The van der Waals surface area contributed by atoms with Crippen LogP contribution in [0.3, 0.4) is 0 Å². The molecule has 0 saturated heterocycles. The molecule has 0 saturated carbocycles. The lowest BCUT2D eigenvalue weighted by atomic mass is 9.85. The Morgan fingerprint density at radius 3 is 2.53 bits per heavy atom. The zero-order valence-electron chi connectivity index (χ0n) is 9.66. The quantitative estimate of drug-likeness (QED) is 0.801. The van der Waals surface area contributed by atoms with Gasteiger partial charge in [-0.3, -0.25) is 0 Å². The van der Waals surface area contributed by atoms with Gasteiger partial charge in [-0.2, -0.15) is 0 Å². The van der Waals surface area contributed by atoms with E-state index in [1.807, 2.05) is 7.05 Å². The van der Waals surface area contributed by atoms with E-state index >= 15 is 0 Å². The molecule has 0 amide bonds. The number of rotatable bonds is 4. The lowest BCUT2D eigenvalue weighted by Crippen LogP contribution is -2.35. The Morgan fingerprint density at radius 1 is 1.47 bits per heavy atom. The summed E-state index contributed by atoms with van der Waals surface area (Å²) in [7, 11) is 1.81. The number of tetrazole rings is 1. The van der Waals surface area contributed by atoms with Crippen LogP contribution in [0, 0.1) is 5.41 Å². The maximum atomic E-state index is 5.78. The molecule has 5 nitrogen and oxygen atoms in total. The van der Waals surface area contributed by atoms with Crippen LogP contribution in [0.2, 0.25) is 0 Å². The first kappa shape index (κ1) is 12.2. The second kappa shape index (κ2) is 4.79. The van der Waals surface area contributed by atoms with E-state index in [0.29, 0.717) is 11.8 Å². The fraction of sp³-hybridized carbons (Fsp3) is 0.889. The van der Waals surface area contributed by atoms with E-state index in [1.54, 1.807) is 4.68 Å². The van der Waals surface area contributed by atoms with Crippen LogP contribution in [0.15, 0.2) is 0 Å². The summed E-state index contributed by atoms with van der Waals surface area (Å²) in [4.78, 5) is 0. The predicted octanol–water partition coefficient (Wildman–Crippen LogP) is 1.67. The normalized spacial score (nSPS) is 13.9. The van der Waals surface area contributed by atoms with Crippen molar-refractivity contribution in [1.29, 1.82) is 0 Å². The van der Waals surface area contributed by atoms with Crippen LogP contribution in [0.4, 0.5) is 5.95 Å². The van der Waals surface area contributed by atoms with Gasteiger partial charge in [-0.05, 0) is 22.3 Å². The minimum absolute atomic E-state index is 0.126. The highest BCUT2D eigenvalue weighted by Crippen LogP contribution is 2.24. The fourth-order valence-electron chi connectivity index (χ4n) is 1.34. The number of hydrogen-bond donors (Lipinski definition) is 1. The summed E-state index contributed by atoms with van der Waals surface area (Å²) in [5, 5.41) is 14.6. The van der Waals surface area contributed by atoms with E-state index in [0.717, 1.165) is 6.42 Å². The fourth-order valence-corrected chi connectivity index (χ4v) is 1.56. The molecular formula is C9H18ClN5. The number of nitrogens with zero attached hydrogens (tertiary/aromatic N) is 4. The third kappa shape index (κ3) is 3.34. The van der Waals surface area contributed by atoms with Crippen molar-refractivity contribution in [2.45, 2.75) is 33.2 Å². The van der Waals surface area contributed by atoms with Crippen molar-refractivity contribution in [2.24, 2.45) is 12.5 Å². The number of hydrogen-bond acceptors (Lipinski definition) is 4. The number of anilines is 1. The minimum atomic E-state index is 0.126. The molecule has 0 aliphatic heterocycles. The molecule has 1 unspecified atom stereocenters. The van der Waals surface area contributed by atoms with Crippen LogP contribution in [0.1, 0.15) is 27.2 Å². The van der Waals surface area contributed by atoms with Crippen molar-refractivity contribution in [3.05, 3.63) is 0 Å². The van der Waals surface area contributed by atoms with E-state index in [4.69, 9.17) is 11.6 Å². The van der Waals surface area contributed by atoms with Gasteiger partial charge in [0.05, 0.1) is 0 Å². The third-order valence-electron chi connectivity index (χ3n) is 2.37. The van der Waals surface area contributed by atoms with Crippen molar-refractivity contribution in [2.75, 3.05) is 11.2 Å². The van der Waals surface area contributed by atoms with E-state index in [2.05, 4.69) is 41.6 Å². The van der Waals surface area contributed by atoms with Gasteiger partial charge >= 0.3 is 0 Å². The second-order valence-electron chi connectivity index (χ2n) is 4.67. The molecule has 0 fully saturated rings. The monoisotopic (exact) mass is 231 g/mol. The molecule has 15 heavy (non-hydrogen) atoms. The van der Waals surface area contributed by atoms with Crippen LogP contribution < -0.4 is 5.32 Å². The second-order valence-corrected chi connectivity index (χ2v) is 5.04. The Labute approximate surface area is 95.2 Å². The molecule has 6 heteroatoms. The Balaban J connectivity index is 2.71. The number of aryl methyl sites for hydroxylation is 1. The van der Waals surface area contributed by atoms with Gasteiger partial charge in [0.25, 0.3) is 0 Å². The first-order valence-electron chi connectivity index (χ1n) is 5.00. The SMILES string of the molecule is Cn1nnnc1NC(CCCl)C(C)(C)C. The summed E-state index contributed by atoms with van der Waals surface area (Å²) >= 11 is 5.78. The largest absolute Gasteiger partial charge is 0.350 e. The van der Waals surface area contributed by atoms with Gasteiger partial charge in [0.2, 0.25) is 5.95 Å². The van der Waals surface area contributed by atoms with Crippen LogP contribution in [0.5, 0.6) is 0 Å². The highest BCUT2D eigenvalue weighted by molar-refractivity contribution is 6.17. The number of nitrogens with one attached hydrogen (secondary N) is 1. The highest BCUT2D eigenvalue weighted by atomic mass is 35.5. The molecule has 1 aromatic rings. The number of aromatic nitrogens is 4. The van der Waals surface area contributed by atoms with E-state index in [1.165, 1.54) is 0 Å². The van der Waals surface area contributed by atoms with Crippen molar-refractivity contribution in [1.82, 2.24) is 20.2 Å². The van der Waals surface area contributed by atoms with Gasteiger partial charge in [-0.1, -0.05) is 25.9 Å². The highest BCUT2D eigenvalue weighted by Gasteiger charge is 2.25. The van der Waals surface area contributed by atoms with Crippen LogP contribution in [0.25, 0.3) is 0 Å². The molecule has 1 N–H and O–H groups in total. The van der Waals surface area contributed by atoms with E-state index in [-0.39, 0.29) is 11.5 Å². The summed E-state index contributed by atoms with van der Waals surface area (Å²) in [6.45, 7) is 6.50. The summed E-state index contributed by atoms with van der Waals surface area (Å²) in [6.07, 6.45) is 0.887. The van der Waals surface area contributed by atoms with Crippen molar-refractivity contribution < 1.29 is 0 Å². The van der Waals surface area contributed by atoms with E-state index < -0.39 is 0 Å². The first-order chi connectivity index (χ1) is 6.95. The molecule has 0 bridgehead atoms. The first-order valence-corrected chi connectivity index (χ1v) is 5.53. The molecule has 0 aromatic carbocycles. The predicted molar refractivity (Wildman–Crippen MR) is 61.0 cm³/mol. The Hall–Kier alpha value is -0.840. The van der Waals surface area contributed by atoms with Crippen LogP contribution in [-0.2, 0) is 7.05 Å². The summed E-state index contributed by atoms with van der Waals surface area (Å²) in [6, 6.07) is 0.264. The Kier molecular flexibility index (Phi) is 3.90. The van der Waals surface area contributed by atoms with Gasteiger partial charge in [0.1, 0.15) is 0 Å². The Morgan fingerprint density at radius 2 is 2.13 bits per heavy atom. The van der Waals surface area contributed by atoms with Crippen molar-refractivity contribution >= 4 is 17.5 Å². The molecule has 0 aliphatic rings. The maximum Gasteiger partial charge on any atom is 0.242 e. The molecule has 1 rings (SSSR count). The molecular weight excluding hydrogens is 214 g/mol. The van der Waals surface area contributed by atoms with Gasteiger partial charge in [-0.25, -0.2) is 4.68 Å². The molecule has 86 valence electrons. The zero-order valence-corrected chi connectivity index (χ0v) is 10.4. The maximum absolute atomic E-state index is 5.78. The summed E-state index contributed by atoms with van der Waals surface area (Å²) < 4.78 is 1.62. The lowest BCUT2D eigenvalue weighted by Gasteiger charge is -2.30. The van der Waals surface area contributed by atoms with Gasteiger partial charge in [0, 0.05) is 19.0 Å². The van der Waals surface area contributed by atoms with Crippen molar-refractivity contribution in [3.63, 3.8) is 0 Å². The standard InChI is InChI=1S/C9H18ClN5/c1-9(2,3)7(5-6-10)11-8-12-13-14-15(8)4/h7H,5-6H2,1-4H3,(H,11,12,14). The molecule has 1 heterocycles.